The predicted molar refractivity (Wildman–Crippen MR) is 66.5 cm³/mol. The summed E-state index contributed by atoms with van der Waals surface area (Å²) in [7, 11) is 1.71. The largest absolute Gasteiger partial charge is 0.394 e. The predicted octanol–water partition coefficient (Wildman–Crippen LogP) is 1.80. The first kappa shape index (κ1) is 13.9. The van der Waals surface area contributed by atoms with Crippen LogP contribution >= 0.6 is 0 Å². The van der Waals surface area contributed by atoms with E-state index in [-0.39, 0.29) is 12.1 Å². The van der Waals surface area contributed by atoms with Gasteiger partial charge in [0.1, 0.15) is 0 Å². The molecule has 2 unspecified atom stereocenters. The Kier molecular flexibility index (Phi) is 4.77. The van der Waals surface area contributed by atoms with Crippen LogP contribution in [0.3, 0.4) is 0 Å². The third kappa shape index (κ3) is 3.19. The lowest BCUT2D eigenvalue weighted by Gasteiger charge is -2.48. The van der Waals surface area contributed by atoms with Crippen LogP contribution in [0, 0.1) is 11.3 Å². The molecule has 96 valence electrons. The Hall–Kier alpha value is -0.120. The van der Waals surface area contributed by atoms with E-state index < -0.39 is 0 Å². The number of aliphatic hydroxyl groups is 1. The second-order valence-electron chi connectivity index (χ2n) is 6.00. The lowest BCUT2D eigenvalue weighted by molar-refractivity contribution is 0.0236. The fraction of sp³-hybridized carbons (Fsp3) is 1.00. The Morgan fingerprint density at radius 3 is 2.56 bits per heavy atom. The average Bonchev–Trinajstić information content (AvgIpc) is 2.21. The van der Waals surface area contributed by atoms with E-state index >= 15 is 0 Å². The third-order valence-corrected chi connectivity index (χ3v) is 4.12. The van der Waals surface area contributed by atoms with Crippen LogP contribution in [0.2, 0.25) is 0 Å². The molecule has 1 saturated carbocycles. The molecule has 0 aromatic carbocycles. The molecule has 0 aliphatic heterocycles. The summed E-state index contributed by atoms with van der Waals surface area (Å²) in [6, 6.07) is 0. The maximum absolute atomic E-state index is 9.68. The fourth-order valence-electron chi connectivity index (χ4n) is 2.89. The van der Waals surface area contributed by atoms with E-state index in [1.165, 1.54) is 12.8 Å². The van der Waals surface area contributed by atoms with Crippen LogP contribution in [-0.2, 0) is 4.74 Å². The molecule has 0 spiro atoms. The number of hydrogen-bond acceptors (Lipinski definition) is 3. The first-order chi connectivity index (χ1) is 7.46. The summed E-state index contributed by atoms with van der Waals surface area (Å²) in [5, 5.41) is 13.2. The molecule has 0 bridgehead atoms. The maximum atomic E-state index is 9.68. The number of aliphatic hydroxyl groups excluding tert-OH is 1. The van der Waals surface area contributed by atoms with Crippen molar-refractivity contribution < 1.29 is 9.84 Å². The van der Waals surface area contributed by atoms with Gasteiger partial charge < -0.3 is 15.2 Å². The van der Waals surface area contributed by atoms with Crippen LogP contribution in [0.5, 0.6) is 0 Å². The summed E-state index contributed by atoms with van der Waals surface area (Å²) in [4.78, 5) is 0. The number of rotatable bonds is 5. The molecule has 0 saturated heterocycles. The summed E-state index contributed by atoms with van der Waals surface area (Å²) in [6.45, 7) is 8.64. The highest BCUT2D eigenvalue weighted by Crippen LogP contribution is 2.43. The molecule has 0 radical (unpaired) electrons. The van der Waals surface area contributed by atoms with Gasteiger partial charge in [-0.15, -0.1) is 0 Å². The standard InChI is InChI=1S/C13H27NO2/c1-11-9-12(2,3)5-6-13(11,10-15)14-7-8-16-4/h11,14-15H,5-10H2,1-4H3. The Morgan fingerprint density at radius 2 is 2.06 bits per heavy atom. The lowest BCUT2D eigenvalue weighted by Crippen LogP contribution is -2.57. The SMILES string of the molecule is COCCNC1(CO)CCC(C)(C)CC1C. The molecule has 2 N–H and O–H groups in total. The molecule has 0 amide bonds. The molecule has 0 aromatic heterocycles. The van der Waals surface area contributed by atoms with Gasteiger partial charge in [0, 0.05) is 19.2 Å². The van der Waals surface area contributed by atoms with Gasteiger partial charge >= 0.3 is 0 Å². The number of ether oxygens (including phenoxy) is 1. The van der Waals surface area contributed by atoms with Gasteiger partial charge in [-0.2, -0.15) is 0 Å². The summed E-state index contributed by atoms with van der Waals surface area (Å²) < 4.78 is 5.05. The van der Waals surface area contributed by atoms with Crippen LogP contribution in [0.15, 0.2) is 0 Å². The zero-order valence-electron chi connectivity index (χ0n) is 11.2. The van der Waals surface area contributed by atoms with Crippen LogP contribution in [-0.4, -0.2) is 37.5 Å². The van der Waals surface area contributed by atoms with E-state index in [4.69, 9.17) is 4.74 Å². The Balaban J connectivity index is 2.58. The molecule has 0 heterocycles. The highest BCUT2D eigenvalue weighted by molar-refractivity contribution is 4.99. The first-order valence-electron chi connectivity index (χ1n) is 6.31. The van der Waals surface area contributed by atoms with E-state index in [0.29, 0.717) is 17.9 Å². The van der Waals surface area contributed by atoms with Crippen molar-refractivity contribution in [3.8, 4) is 0 Å². The minimum Gasteiger partial charge on any atom is -0.394 e. The van der Waals surface area contributed by atoms with E-state index in [1.54, 1.807) is 7.11 Å². The van der Waals surface area contributed by atoms with Crippen molar-refractivity contribution in [2.24, 2.45) is 11.3 Å². The van der Waals surface area contributed by atoms with Crippen molar-refractivity contribution in [1.29, 1.82) is 0 Å². The van der Waals surface area contributed by atoms with Crippen molar-refractivity contribution in [1.82, 2.24) is 5.32 Å². The molecule has 0 aromatic rings. The zero-order chi connectivity index (χ0) is 12.2. The van der Waals surface area contributed by atoms with Crippen molar-refractivity contribution in [3.05, 3.63) is 0 Å². The molecule has 3 nitrogen and oxygen atoms in total. The zero-order valence-corrected chi connectivity index (χ0v) is 11.2. The van der Waals surface area contributed by atoms with Gasteiger partial charge in [-0.25, -0.2) is 0 Å². The summed E-state index contributed by atoms with van der Waals surface area (Å²) in [5.74, 6) is 0.512. The van der Waals surface area contributed by atoms with Gasteiger partial charge in [0.05, 0.1) is 13.2 Å². The molecule has 1 rings (SSSR count). The third-order valence-electron chi connectivity index (χ3n) is 4.12. The van der Waals surface area contributed by atoms with E-state index in [0.717, 1.165) is 13.0 Å². The normalized spacial score (nSPS) is 33.9. The number of nitrogens with one attached hydrogen (secondary N) is 1. The number of hydrogen-bond donors (Lipinski definition) is 2. The van der Waals surface area contributed by atoms with Gasteiger partial charge in [0.2, 0.25) is 0 Å². The molecule has 3 heteroatoms. The van der Waals surface area contributed by atoms with Gasteiger partial charge in [-0.1, -0.05) is 20.8 Å². The van der Waals surface area contributed by atoms with Gasteiger partial charge in [-0.05, 0) is 30.6 Å². The Bertz CT molecular complexity index is 218. The van der Waals surface area contributed by atoms with E-state index in [9.17, 15) is 5.11 Å². The van der Waals surface area contributed by atoms with Crippen molar-refractivity contribution in [2.45, 2.75) is 45.6 Å². The van der Waals surface area contributed by atoms with E-state index in [2.05, 4.69) is 26.1 Å². The highest BCUT2D eigenvalue weighted by atomic mass is 16.5. The topological polar surface area (TPSA) is 41.5 Å². The van der Waals surface area contributed by atoms with Gasteiger partial charge in [-0.3, -0.25) is 0 Å². The smallest absolute Gasteiger partial charge is 0.0615 e. The van der Waals surface area contributed by atoms with Crippen LogP contribution in [0.1, 0.15) is 40.0 Å². The molecular weight excluding hydrogens is 202 g/mol. The van der Waals surface area contributed by atoms with Crippen LogP contribution in [0.4, 0.5) is 0 Å². The minimum absolute atomic E-state index is 0.0892. The quantitative estimate of drug-likeness (QED) is 0.706. The average molecular weight is 229 g/mol. The second-order valence-corrected chi connectivity index (χ2v) is 6.00. The number of methoxy groups -OCH3 is 1. The van der Waals surface area contributed by atoms with Gasteiger partial charge in [0.15, 0.2) is 0 Å². The summed E-state index contributed by atoms with van der Waals surface area (Å²) in [6.07, 6.45) is 3.41. The maximum Gasteiger partial charge on any atom is 0.0615 e. The fourth-order valence-corrected chi connectivity index (χ4v) is 2.89. The summed E-state index contributed by atoms with van der Waals surface area (Å²) in [5.41, 5.74) is 0.328. The Labute approximate surface area is 99.6 Å². The molecule has 1 fully saturated rings. The Morgan fingerprint density at radius 1 is 1.38 bits per heavy atom. The minimum atomic E-state index is -0.0892. The molecule has 2 atom stereocenters. The van der Waals surface area contributed by atoms with Crippen molar-refractivity contribution in [2.75, 3.05) is 26.9 Å². The lowest BCUT2D eigenvalue weighted by atomic mass is 9.64. The van der Waals surface area contributed by atoms with Gasteiger partial charge in [0.25, 0.3) is 0 Å². The monoisotopic (exact) mass is 229 g/mol. The van der Waals surface area contributed by atoms with E-state index in [1.807, 2.05) is 0 Å². The first-order valence-corrected chi connectivity index (χ1v) is 6.31. The van der Waals surface area contributed by atoms with Crippen molar-refractivity contribution in [3.63, 3.8) is 0 Å². The summed E-state index contributed by atoms with van der Waals surface area (Å²) >= 11 is 0. The molecule has 1 aliphatic carbocycles. The van der Waals surface area contributed by atoms with Crippen molar-refractivity contribution >= 4 is 0 Å². The second kappa shape index (κ2) is 5.48. The molecule has 16 heavy (non-hydrogen) atoms. The highest BCUT2D eigenvalue weighted by Gasteiger charge is 2.42. The molecular formula is C13H27NO2. The molecule has 1 aliphatic rings. The van der Waals surface area contributed by atoms with Crippen LogP contribution in [0.25, 0.3) is 0 Å². The van der Waals surface area contributed by atoms with Crippen LogP contribution < -0.4 is 5.32 Å².